The number of carbonyl (C=O) groups is 1. The van der Waals surface area contributed by atoms with Crippen molar-refractivity contribution in [2.75, 3.05) is 11.9 Å². The van der Waals surface area contributed by atoms with Gasteiger partial charge >= 0.3 is 5.97 Å². The Morgan fingerprint density at radius 1 is 1.21 bits per heavy atom. The van der Waals surface area contributed by atoms with E-state index in [1.165, 1.54) is 25.7 Å². The lowest BCUT2D eigenvalue weighted by Gasteiger charge is -2.17. The molecule has 1 saturated carbocycles. The van der Waals surface area contributed by atoms with Crippen molar-refractivity contribution in [2.24, 2.45) is 0 Å². The van der Waals surface area contributed by atoms with Crippen LogP contribution in [-0.4, -0.2) is 28.6 Å². The van der Waals surface area contributed by atoms with Gasteiger partial charge in [0.05, 0.1) is 12.0 Å². The van der Waals surface area contributed by atoms with Gasteiger partial charge in [-0.15, -0.1) is 0 Å². The molecule has 1 aliphatic carbocycles. The van der Waals surface area contributed by atoms with Crippen molar-refractivity contribution in [3.05, 3.63) is 17.1 Å². The maximum absolute atomic E-state index is 12.4. The molecule has 0 amide bonds. The van der Waals surface area contributed by atoms with Crippen LogP contribution in [0.4, 0.5) is 5.82 Å². The molecule has 0 radical (unpaired) electrons. The van der Waals surface area contributed by atoms with Crippen LogP contribution in [0.25, 0.3) is 11.1 Å². The van der Waals surface area contributed by atoms with Gasteiger partial charge in [-0.05, 0) is 33.6 Å². The Morgan fingerprint density at radius 3 is 2.58 bits per heavy atom. The molecule has 2 heterocycles. The molecule has 0 saturated heterocycles. The first-order valence-electron chi connectivity index (χ1n) is 8.81. The summed E-state index contributed by atoms with van der Waals surface area (Å²) < 4.78 is 10.9. The number of esters is 1. The van der Waals surface area contributed by atoms with Crippen molar-refractivity contribution < 1.29 is 13.9 Å². The van der Waals surface area contributed by atoms with E-state index in [1.54, 1.807) is 13.8 Å². The minimum absolute atomic E-state index is 0.322. The van der Waals surface area contributed by atoms with E-state index in [0.717, 1.165) is 12.8 Å². The quantitative estimate of drug-likeness (QED) is 0.670. The lowest BCUT2D eigenvalue weighted by molar-refractivity contribution is 0.0526. The summed E-state index contributed by atoms with van der Waals surface area (Å²) in [7, 11) is 0. The molecular weight excluding hydrogens is 306 g/mol. The number of hydrogen-bond acceptors (Lipinski definition) is 6. The highest BCUT2D eigenvalue weighted by Crippen LogP contribution is 2.32. The maximum atomic E-state index is 12.4. The highest BCUT2D eigenvalue weighted by atomic mass is 16.5. The van der Waals surface area contributed by atoms with Gasteiger partial charge in [-0.1, -0.05) is 25.7 Å². The van der Waals surface area contributed by atoms with Crippen molar-refractivity contribution in [1.82, 2.24) is 9.97 Å². The van der Waals surface area contributed by atoms with Crippen LogP contribution in [0.1, 0.15) is 67.4 Å². The fourth-order valence-corrected chi connectivity index (χ4v) is 3.39. The van der Waals surface area contributed by atoms with Crippen molar-refractivity contribution in [1.29, 1.82) is 0 Å². The molecular formula is C18H25N3O3. The smallest absolute Gasteiger partial charge is 0.342 e. The van der Waals surface area contributed by atoms with Crippen molar-refractivity contribution in [2.45, 2.75) is 65.3 Å². The molecule has 0 unspecified atom stereocenters. The normalized spacial score (nSPS) is 16.1. The van der Waals surface area contributed by atoms with Crippen LogP contribution in [0.2, 0.25) is 0 Å². The molecule has 6 heteroatoms. The van der Waals surface area contributed by atoms with Crippen LogP contribution >= 0.6 is 0 Å². The number of aryl methyl sites for hydroxylation is 2. The van der Waals surface area contributed by atoms with Gasteiger partial charge < -0.3 is 14.5 Å². The van der Waals surface area contributed by atoms with Crippen molar-refractivity contribution in [3.63, 3.8) is 0 Å². The van der Waals surface area contributed by atoms with E-state index in [4.69, 9.17) is 9.15 Å². The first kappa shape index (κ1) is 16.7. The van der Waals surface area contributed by atoms with Gasteiger partial charge in [0.15, 0.2) is 0 Å². The number of furan rings is 1. The van der Waals surface area contributed by atoms with Crippen LogP contribution in [0.5, 0.6) is 0 Å². The fraction of sp³-hybridized carbons (Fsp3) is 0.611. The molecule has 3 rings (SSSR count). The molecule has 2 aromatic heterocycles. The Kier molecular flexibility index (Phi) is 5.02. The molecule has 0 spiro atoms. The van der Waals surface area contributed by atoms with E-state index in [1.807, 2.05) is 6.92 Å². The zero-order valence-corrected chi connectivity index (χ0v) is 14.6. The highest BCUT2D eigenvalue weighted by Gasteiger charge is 2.25. The number of fused-ring (bicyclic) bond motifs is 1. The maximum Gasteiger partial charge on any atom is 0.342 e. The summed E-state index contributed by atoms with van der Waals surface area (Å²) in [5, 5.41) is 4.18. The summed E-state index contributed by atoms with van der Waals surface area (Å²) in [4.78, 5) is 21.3. The molecule has 0 bridgehead atoms. The topological polar surface area (TPSA) is 77.2 Å². The third kappa shape index (κ3) is 3.37. The van der Waals surface area contributed by atoms with E-state index in [-0.39, 0.29) is 5.97 Å². The van der Waals surface area contributed by atoms with Gasteiger partial charge in [-0.25, -0.2) is 9.78 Å². The van der Waals surface area contributed by atoms with Crippen LogP contribution in [-0.2, 0) is 4.74 Å². The standard InChI is InChI=1S/C18H25N3O3/c1-4-23-18(22)14-11(2)24-17-15(14)16(19-12(3)20-17)21-13-9-7-5-6-8-10-13/h13H,4-10H2,1-3H3,(H,19,20,21). The van der Waals surface area contributed by atoms with E-state index < -0.39 is 0 Å². The van der Waals surface area contributed by atoms with Gasteiger partial charge in [0, 0.05) is 6.04 Å². The molecule has 0 atom stereocenters. The number of ether oxygens (including phenoxy) is 1. The van der Waals surface area contributed by atoms with Crippen molar-refractivity contribution in [3.8, 4) is 0 Å². The molecule has 24 heavy (non-hydrogen) atoms. The van der Waals surface area contributed by atoms with Crippen molar-refractivity contribution >= 4 is 22.9 Å². The summed E-state index contributed by atoms with van der Waals surface area (Å²) >= 11 is 0. The summed E-state index contributed by atoms with van der Waals surface area (Å²) in [6.07, 6.45) is 7.26. The zero-order valence-electron chi connectivity index (χ0n) is 14.6. The van der Waals surface area contributed by atoms with Crippen LogP contribution in [0.15, 0.2) is 4.42 Å². The van der Waals surface area contributed by atoms with E-state index in [9.17, 15) is 4.79 Å². The van der Waals surface area contributed by atoms with Gasteiger partial charge in [0.1, 0.15) is 23.0 Å². The summed E-state index contributed by atoms with van der Waals surface area (Å²) in [5.41, 5.74) is 0.877. The molecule has 0 aromatic carbocycles. The average Bonchev–Trinajstić information content (AvgIpc) is 2.70. The number of nitrogens with zero attached hydrogens (tertiary/aromatic N) is 2. The predicted molar refractivity (Wildman–Crippen MR) is 92.3 cm³/mol. The van der Waals surface area contributed by atoms with Crippen LogP contribution in [0.3, 0.4) is 0 Å². The summed E-state index contributed by atoms with van der Waals surface area (Å²) in [5.74, 6) is 1.45. The predicted octanol–water partition coefficient (Wildman–Crippen LogP) is 4.15. The van der Waals surface area contributed by atoms with Crippen LogP contribution in [0, 0.1) is 13.8 Å². The Balaban J connectivity index is 2.03. The molecule has 2 aromatic rings. The zero-order chi connectivity index (χ0) is 17.1. The molecule has 6 nitrogen and oxygen atoms in total. The second-order valence-electron chi connectivity index (χ2n) is 6.39. The number of hydrogen-bond donors (Lipinski definition) is 1. The first-order valence-corrected chi connectivity index (χ1v) is 8.81. The molecule has 1 aliphatic rings. The minimum Gasteiger partial charge on any atom is -0.462 e. The Labute approximate surface area is 142 Å². The number of aromatic nitrogens is 2. The second-order valence-corrected chi connectivity index (χ2v) is 6.39. The molecule has 130 valence electrons. The summed E-state index contributed by atoms with van der Waals surface area (Å²) in [6, 6.07) is 0.371. The lowest BCUT2D eigenvalue weighted by atomic mass is 10.1. The average molecular weight is 331 g/mol. The number of carbonyl (C=O) groups excluding carboxylic acids is 1. The van der Waals surface area contributed by atoms with Gasteiger partial charge in [0.25, 0.3) is 0 Å². The van der Waals surface area contributed by atoms with E-state index in [0.29, 0.717) is 46.7 Å². The van der Waals surface area contributed by atoms with E-state index >= 15 is 0 Å². The Hall–Kier alpha value is -2.11. The van der Waals surface area contributed by atoms with Gasteiger partial charge in [-0.3, -0.25) is 0 Å². The largest absolute Gasteiger partial charge is 0.462 e. The number of nitrogens with one attached hydrogen (secondary N) is 1. The monoisotopic (exact) mass is 331 g/mol. The number of rotatable bonds is 4. The Morgan fingerprint density at radius 2 is 1.92 bits per heavy atom. The molecule has 1 fully saturated rings. The third-order valence-corrected chi connectivity index (χ3v) is 4.52. The van der Waals surface area contributed by atoms with Crippen LogP contribution < -0.4 is 5.32 Å². The van der Waals surface area contributed by atoms with Gasteiger partial charge in [-0.2, -0.15) is 4.98 Å². The molecule has 1 N–H and O–H groups in total. The first-order chi connectivity index (χ1) is 11.6. The van der Waals surface area contributed by atoms with E-state index in [2.05, 4.69) is 15.3 Å². The SMILES string of the molecule is CCOC(=O)c1c(C)oc2nc(C)nc(NC3CCCCCC3)c12. The van der Waals surface area contributed by atoms with Gasteiger partial charge in [0.2, 0.25) is 5.71 Å². The summed E-state index contributed by atoms with van der Waals surface area (Å²) in [6.45, 7) is 5.71. The second kappa shape index (κ2) is 7.20. The lowest BCUT2D eigenvalue weighted by Crippen LogP contribution is -2.20. The fourth-order valence-electron chi connectivity index (χ4n) is 3.39. The molecule has 0 aliphatic heterocycles. The minimum atomic E-state index is -0.384. The number of anilines is 1. The highest BCUT2D eigenvalue weighted by molar-refractivity contribution is 6.07. The third-order valence-electron chi connectivity index (χ3n) is 4.52. The Bertz CT molecular complexity index is 731.